The van der Waals surface area contributed by atoms with Crippen LogP contribution in [0.25, 0.3) is 6.08 Å². The summed E-state index contributed by atoms with van der Waals surface area (Å²) >= 11 is 1.27. The van der Waals surface area contributed by atoms with Crippen molar-refractivity contribution in [3.63, 3.8) is 0 Å². The predicted molar refractivity (Wildman–Crippen MR) is 132 cm³/mol. The summed E-state index contributed by atoms with van der Waals surface area (Å²) in [7, 11) is 0. The van der Waals surface area contributed by atoms with Crippen molar-refractivity contribution in [3.8, 4) is 5.75 Å². The minimum atomic E-state index is -0.485. The van der Waals surface area contributed by atoms with Crippen LogP contribution in [0.1, 0.15) is 22.3 Å². The van der Waals surface area contributed by atoms with Gasteiger partial charge in [-0.15, -0.1) is 0 Å². The van der Waals surface area contributed by atoms with Gasteiger partial charge >= 0.3 is 0 Å². The Balaban J connectivity index is 1.35. The number of halogens is 1. The van der Waals surface area contributed by atoms with Crippen molar-refractivity contribution in [2.45, 2.75) is 13.5 Å². The number of aliphatic imine (C=N–C) groups is 1. The lowest BCUT2D eigenvalue weighted by atomic mass is 10.1. The lowest BCUT2D eigenvalue weighted by molar-refractivity contribution is -0.114. The number of hydrogen-bond donors (Lipinski definition) is 1. The molecule has 168 valence electrons. The monoisotopic (exact) mass is 470 g/mol. The maximum atomic E-state index is 13.1. The molecular formula is C26H19FN4O2S. The van der Waals surface area contributed by atoms with E-state index in [9.17, 15) is 9.18 Å². The molecule has 5 rings (SSSR count). The van der Waals surface area contributed by atoms with Gasteiger partial charge in [-0.1, -0.05) is 54.1 Å². The quantitative estimate of drug-likeness (QED) is 0.508. The first kappa shape index (κ1) is 21.8. The minimum absolute atomic E-state index is 0.0257. The molecule has 0 fully saturated rings. The van der Waals surface area contributed by atoms with E-state index < -0.39 is 5.91 Å². The third kappa shape index (κ3) is 4.53. The van der Waals surface area contributed by atoms with Crippen LogP contribution >= 0.6 is 11.8 Å². The number of ether oxygens (including phenoxy) is 1. The van der Waals surface area contributed by atoms with Gasteiger partial charge in [0.25, 0.3) is 5.91 Å². The van der Waals surface area contributed by atoms with E-state index >= 15 is 0 Å². The molecule has 0 aliphatic carbocycles. The largest absolute Gasteiger partial charge is 0.489 e. The number of thioether (sulfide) groups is 1. The van der Waals surface area contributed by atoms with Gasteiger partial charge in [-0.3, -0.25) is 10.2 Å². The molecule has 0 unspecified atom stereocenters. The number of fused-ring (bicyclic) bond motifs is 1. The van der Waals surface area contributed by atoms with Crippen molar-refractivity contribution in [1.82, 2.24) is 5.01 Å². The molecular weight excluding hydrogens is 451 g/mol. The Bertz CT molecular complexity index is 1380. The highest BCUT2D eigenvalue weighted by atomic mass is 32.2. The average molecular weight is 471 g/mol. The van der Waals surface area contributed by atoms with E-state index in [1.807, 2.05) is 37.3 Å². The zero-order valence-electron chi connectivity index (χ0n) is 18.2. The summed E-state index contributed by atoms with van der Waals surface area (Å²) in [4.78, 5) is 16.9. The Morgan fingerprint density at radius 3 is 2.62 bits per heavy atom. The topological polar surface area (TPSA) is 78.1 Å². The number of nitrogens with one attached hydrogen (secondary N) is 1. The zero-order chi connectivity index (χ0) is 23.7. The Labute approximate surface area is 200 Å². The zero-order valence-corrected chi connectivity index (χ0v) is 19.0. The van der Waals surface area contributed by atoms with Gasteiger partial charge in [0.05, 0.1) is 5.57 Å². The van der Waals surface area contributed by atoms with Gasteiger partial charge < -0.3 is 4.74 Å². The van der Waals surface area contributed by atoms with E-state index in [1.54, 1.807) is 36.4 Å². The molecule has 1 amide bonds. The number of amidine groups is 2. The SMILES string of the molecule is Cc1ccc(C2=NN3C(=N)/C(=C\c4cccc(OCc5ccc(F)cc5)c4)C(=O)N=C3S2)cc1. The summed E-state index contributed by atoms with van der Waals surface area (Å²) in [6.45, 7) is 2.29. The third-order valence-corrected chi connectivity index (χ3v) is 6.20. The van der Waals surface area contributed by atoms with Gasteiger partial charge in [-0.05, 0) is 60.2 Å². The number of hydrogen-bond acceptors (Lipinski definition) is 5. The highest BCUT2D eigenvalue weighted by molar-refractivity contribution is 8.27. The van der Waals surface area contributed by atoms with Gasteiger partial charge in [0, 0.05) is 5.56 Å². The normalized spacial score (nSPS) is 16.4. The van der Waals surface area contributed by atoms with Crippen LogP contribution in [-0.4, -0.2) is 27.0 Å². The van der Waals surface area contributed by atoms with Crippen LogP contribution in [-0.2, 0) is 11.4 Å². The first-order chi connectivity index (χ1) is 16.5. The van der Waals surface area contributed by atoms with Crippen LogP contribution in [0.2, 0.25) is 0 Å². The second kappa shape index (κ2) is 9.07. The minimum Gasteiger partial charge on any atom is -0.489 e. The molecule has 8 heteroatoms. The van der Waals surface area contributed by atoms with Crippen molar-refractivity contribution in [1.29, 1.82) is 5.41 Å². The Morgan fingerprint density at radius 1 is 1.09 bits per heavy atom. The van der Waals surface area contributed by atoms with E-state index in [1.165, 1.54) is 28.9 Å². The Morgan fingerprint density at radius 2 is 1.85 bits per heavy atom. The third-order valence-electron chi connectivity index (χ3n) is 5.24. The van der Waals surface area contributed by atoms with Crippen LogP contribution in [0, 0.1) is 18.2 Å². The molecule has 0 saturated heterocycles. The summed E-state index contributed by atoms with van der Waals surface area (Å²) in [5.41, 5.74) is 3.72. The standard InChI is InChI=1S/C26H19FN4O2S/c1-16-5-9-19(10-6-16)25-30-31-23(28)22(24(32)29-26(31)34-25)14-18-3-2-4-21(13-18)33-15-17-7-11-20(27)12-8-17/h2-14,28H,15H2,1H3/b22-14+,28-23?. The molecule has 1 N–H and O–H groups in total. The summed E-state index contributed by atoms with van der Waals surface area (Å²) < 4.78 is 18.9. The van der Waals surface area contributed by atoms with Crippen LogP contribution in [0.15, 0.2) is 88.5 Å². The summed E-state index contributed by atoms with van der Waals surface area (Å²) in [5.74, 6) is -0.215. The fourth-order valence-electron chi connectivity index (χ4n) is 3.41. The number of rotatable bonds is 5. The van der Waals surface area contributed by atoms with Gasteiger partial charge in [-0.2, -0.15) is 15.1 Å². The lowest BCUT2D eigenvalue weighted by Crippen LogP contribution is -2.35. The second-order valence-electron chi connectivity index (χ2n) is 7.78. The van der Waals surface area contributed by atoms with Gasteiger partial charge in [-0.25, -0.2) is 4.39 Å². The number of nitrogens with zero attached hydrogens (tertiary/aromatic N) is 3. The van der Waals surface area contributed by atoms with Crippen molar-refractivity contribution in [2.75, 3.05) is 0 Å². The number of benzene rings is 3. The Hall–Kier alpha value is -4.04. The number of carbonyl (C=O) groups is 1. The fourth-order valence-corrected chi connectivity index (χ4v) is 4.31. The van der Waals surface area contributed by atoms with E-state index in [4.69, 9.17) is 10.1 Å². The molecule has 2 aliphatic rings. The average Bonchev–Trinajstić information content (AvgIpc) is 3.26. The summed E-state index contributed by atoms with van der Waals surface area (Å²) in [6, 6.07) is 21.2. The molecule has 0 radical (unpaired) electrons. The Kier molecular flexibility index (Phi) is 5.81. The van der Waals surface area contributed by atoms with Crippen LogP contribution in [0.4, 0.5) is 4.39 Å². The highest BCUT2D eigenvalue weighted by Crippen LogP contribution is 2.31. The van der Waals surface area contributed by atoms with Crippen molar-refractivity contribution >= 4 is 39.8 Å². The smallest absolute Gasteiger partial charge is 0.283 e. The first-order valence-corrected chi connectivity index (χ1v) is 11.3. The van der Waals surface area contributed by atoms with Crippen molar-refractivity contribution in [3.05, 3.63) is 106 Å². The fraction of sp³-hybridized carbons (Fsp3) is 0.0769. The van der Waals surface area contributed by atoms with E-state index in [2.05, 4.69) is 10.1 Å². The second-order valence-corrected chi connectivity index (χ2v) is 8.73. The maximum absolute atomic E-state index is 13.1. The van der Waals surface area contributed by atoms with Gasteiger partial charge in [0.2, 0.25) is 5.17 Å². The van der Waals surface area contributed by atoms with Gasteiger partial charge in [0.15, 0.2) is 5.84 Å². The van der Waals surface area contributed by atoms with E-state index in [-0.39, 0.29) is 23.8 Å². The van der Waals surface area contributed by atoms with Crippen LogP contribution in [0.5, 0.6) is 5.75 Å². The van der Waals surface area contributed by atoms with Crippen LogP contribution < -0.4 is 4.74 Å². The lowest BCUT2D eigenvalue weighted by Gasteiger charge is -2.20. The van der Waals surface area contributed by atoms with Crippen molar-refractivity contribution in [2.24, 2.45) is 10.1 Å². The molecule has 3 aromatic carbocycles. The number of hydrazone groups is 1. The molecule has 3 aromatic rings. The van der Waals surface area contributed by atoms with Gasteiger partial charge in [0.1, 0.15) is 23.2 Å². The summed E-state index contributed by atoms with van der Waals surface area (Å²) in [5, 5.41) is 15.5. The first-order valence-electron chi connectivity index (χ1n) is 10.5. The van der Waals surface area contributed by atoms with Crippen molar-refractivity contribution < 1.29 is 13.9 Å². The summed E-state index contributed by atoms with van der Waals surface area (Å²) in [6.07, 6.45) is 1.61. The van der Waals surface area contributed by atoms with Crippen LogP contribution in [0.3, 0.4) is 0 Å². The molecule has 0 atom stereocenters. The maximum Gasteiger partial charge on any atom is 0.283 e. The predicted octanol–water partition coefficient (Wildman–Crippen LogP) is 5.38. The number of amides is 1. The highest BCUT2D eigenvalue weighted by Gasteiger charge is 2.36. The van der Waals surface area contributed by atoms with E-state index in [0.717, 1.165) is 16.7 Å². The van der Waals surface area contributed by atoms with E-state index in [0.29, 0.717) is 21.5 Å². The number of carbonyl (C=O) groups excluding carboxylic acids is 1. The molecule has 0 aromatic heterocycles. The number of aryl methyl sites for hydroxylation is 1. The molecule has 0 bridgehead atoms. The molecule has 0 saturated carbocycles. The molecule has 34 heavy (non-hydrogen) atoms. The molecule has 2 heterocycles. The molecule has 2 aliphatic heterocycles. The molecule has 0 spiro atoms. The molecule has 6 nitrogen and oxygen atoms in total.